The van der Waals surface area contributed by atoms with E-state index in [-0.39, 0.29) is 11.4 Å². The van der Waals surface area contributed by atoms with Crippen molar-refractivity contribution in [3.63, 3.8) is 0 Å². The van der Waals surface area contributed by atoms with Crippen molar-refractivity contribution in [3.05, 3.63) is 35.6 Å². The molecule has 1 aromatic carbocycles. The summed E-state index contributed by atoms with van der Waals surface area (Å²) in [6, 6.07) is 6.55. The zero-order chi connectivity index (χ0) is 17.5. The molecule has 5 nitrogen and oxygen atoms in total. The predicted molar refractivity (Wildman–Crippen MR) is 102 cm³/mol. The van der Waals surface area contributed by atoms with Crippen LogP contribution in [-0.4, -0.2) is 67.8 Å². The van der Waals surface area contributed by atoms with Gasteiger partial charge in [-0.1, -0.05) is 12.1 Å². The molecule has 2 aliphatic rings. The van der Waals surface area contributed by atoms with Gasteiger partial charge < -0.3 is 15.4 Å². The number of hydrogen-bond donors (Lipinski definition) is 2. The molecule has 138 valence electrons. The number of thioether (sulfide) groups is 1. The van der Waals surface area contributed by atoms with Gasteiger partial charge in [0.2, 0.25) is 0 Å². The van der Waals surface area contributed by atoms with Crippen molar-refractivity contribution in [1.82, 2.24) is 15.5 Å². The Kier molecular flexibility index (Phi) is 6.56. The van der Waals surface area contributed by atoms with Crippen molar-refractivity contribution in [3.8, 4) is 0 Å². The average molecular weight is 367 g/mol. The van der Waals surface area contributed by atoms with Crippen molar-refractivity contribution in [1.29, 1.82) is 0 Å². The van der Waals surface area contributed by atoms with E-state index in [9.17, 15) is 4.39 Å². The SMILES string of the molecule is CN=C(NCc1ccc(F)cc1)NCC1(N2CCOCC2)CCSC1. The summed E-state index contributed by atoms with van der Waals surface area (Å²) in [6.45, 7) is 5.16. The molecule has 2 aliphatic heterocycles. The first-order valence-electron chi connectivity index (χ1n) is 8.81. The molecule has 1 unspecified atom stereocenters. The molecule has 2 N–H and O–H groups in total. The van der Waals surface area contributed by atoms with Crippen LogP contribution >= 0.6 is 11.8 Å². The number of nitrogens with zero attached hydrogens (tertiary/aromatic N) is 2. The van der Waals surface area contributed by atoms with E-state index < -0.39 is 0 Å². The van der Waals surface area contributed by atoms with Gasteiger partial charge in [0.1, 0.15) is 5.82 Å². The fourth-order valence-corrected chi connectivity index (χ4v) is 4.87. The number of halogens is 1. The van der Waals surface area contributed by atoms with Crippen LogP contribution in [0.15, 0.2) is 29.3 Å². The number of rotatable bonds is 5. The molecule has 25 heavy (non-hydrogen) atoms. The number of morpholine rings is 1. The summed E-state index contributed by atoms with van der Waals surface area (Å²) in [6.07, 6.45) is 1.19. The van der Waals surface area contributed by atoms with Gasteiger partial charge >= 0.3 is 0 Å². The lowest BCUT2D eigenvalue weighted by molar-refractivity contribution is -0.0120. The van der Waals surface area contributed by atoms with Gasteiger partial charge in [0.25, 0.3) is 0 Å². The highest BCUT2D eigenvalue weighted by Crippen LogP contribution is 2.33. The van der Waals surface area contributed by atoms with Crippen molar-refractivity contribution in [2.45, 2.75) is 18.5 Å². The second-order valence-corrected chi connectivity index (χ2v) is 7.64. The maximum absolute atomic E-state index is 13.0. The van der Waals surface area contributed by atoms with Crippen molar-refractivity contribution < 1.29 is 9.13 Å². The topological polar surface area (TPSA) is 48.9 Å². The summed E-state index contributed by atoms with van der Waals surface area (Å²) in [5.41, 5.74) is 1.21. The van der Waals surface area contributed by atoms with Crippen LogP contribution in [0.2, 0.25) is 0 Å². The first kappa shape index (κ1) is 18.5. The molecule has 2 saturated heterocycles. The minimum atomic E-state index is -0.211. The lowest BCUT2D eigenvalue weighted by Gasteiger charge is -2.43. The number of guanidine groups is 1. The normalized spacial score (nSPS) is 25.1. The van der Waals surface area contributed by atoms with E-state index in [0.29, 0.717) is 6.54 Å². The minimum absolute atomic E-state index is 0.182. The summed E-state index contributed by atoms with van der Waals surface area (Å²) in [5, 5.41) is 6.82. The average Bonchev–Trinajstić information content (AvgIpc) is 3.14. The highest BCUT2D eigenvalue weighted by Gasteiger charge is 2.40. The largest absolute Gasteiger partial charge is 0.379 e. The van der Waals surface area contributed by atoms with Gasteiger partial charge in [-0.2, -0.15) is 11.8 Å². The van der Waals surface area contributed by atoms with Gasteiger partial charge in [-0.05, 0) is 29.9 Å². The van der Waals surface area contributed by atoms with Crippen LogP contribution in [0, 0.1) is 5.82 Å². The lowest BCUT2D eigenvalue weighted by Crippen LogP contribution is -2.60. The maximum Gasteiger partial charge on any atom is 0.191 e. The highest BCUT2D eigenvalue weighted by molar-refractivity contribution is 7.99. The molecule has 7 heteroatoms. The van der Waals surface area contributed by atoms with E-state index in [1.165, 1.54) is 24.3 Å². The summed E-state index contributed by atoms with van der Waals surface area (Å²) in [7, 11) is 1.78. The standard InChI is InChI=1S/C18H27FN4OS/c1-20-17(21-12-15-2-4-16(19)5-3-15)22-13-18(6-11-25-14-18)23-7-9-24-10-8-23/h2-5H,6-14H2,1H3,(H2,20,21,22). The molecular formula is C18H27FN4OS. The first-order valence-corrected chi connectivity index (χ1v) is 9.97. The Morgan fingerprint density at radius 1 is 1.28 bits per heavy atom. The summed E-state index contributed by atoms with van der Waals surface area (Å²) in [4.78, 5) is 6.91. The van der Waals surface area contributed by atoms with Crippen LogP contribution in [0.25, 0.3) is 0 Å². The molecule has 0 spiro atoms. The molecule has 0 saturated carbocycles. The zero-order valence-electron chi connectivity index (χ0n) is 14.8. The molecule has 1 aromatic rings. The van der Waals surface area contributed by atoms with E-state index in [4.69, 9.17) is 4.74 Å². The number of hydrogen-bond acceptors (Lipinski definition) is 4. The van der Waals surface area contributed by atoms with Gasteiger partial charge in [-0.25, -0.2) is 4.39 Å². The smallest absolute Gasteiger partial charge is 0.191 e. The third-order valence-electron chi connectivity index (χ3n) is 4.95. The van der Waals surface area contributed by atoms with Crippen LogP contribution in [0.1, 0.15) is 12.0 Å². The van der Waals surface area contributed by atoms with Crippen LogP contribution in [0.3, 0.4) is 0 Å². The number of benzene rings is 1. The van der Waals surface area contributed by atoms with Gasteiger partial charge in [0, 0.05) is 44.5 Å². The number of aliphatic imine (C=N–C) groups is 1. The fraction of sp³-hybridized carbons (Fsp3) is 0.611. The van der Waals surface area contributed by atoms with Gasteiger partial charge in [0.05, 0.1) is 13.2 Å². The molecule has 2 fully saturated rings. The Morgan fingerprint density at radius 3 is 2.68 bits per heavy atom. The van der Waals surface area contributed by atoms with Crippen molar-refractivity contribution in [2.75, 3.05) is 51.4 Å². The molecule has 0 amide bonds. The van der Waals surface area contributed by atoms with Crippen LogP contribution in [0.4, 0.5) is 4.39 Å². The molecule has 0 aliphatic carbocycles. The van der Waals surface area contributed by atoms with Crippen molar-refractivity contribution in [2.24, 2.45) is 4.99 Å². The summed E-state index contributed by atoms with van der Waals surface area (Å²) >= 11 is 2.03. The van der Waals surface area contributed by atoms with E-state index in [2.05, 4.69) is 20.5 Å². The molecule has 0 bridgehead atoms. The Morgan fingerprint density at radius 2 is 2.04 bits per heavy atom. The maximum atomic E-state index is 13.0. The molecule has 0 radical (unpaired) electrons. The Bertz CT molecular complexity index is 569. The third-order valence-corrected chi connectivity index (χ3v) is 6.18. The van der Waals surface area contributed by atoms with Gasteiger partial charge in [0.15, 0.2) is 5.96 Å². The second-order valence-electron chi connectivity index (χ2n) is 6.53. The predicted octanol–water partition coefficient (Wildman–Crippen LogP) is 1.70. The molecule has 1 atom stereocenters. The van der Waals surface area contributed by atoms with Gasteiger partial charge in [-0.15, -0.1) is 0 Å². The van der Waals surface area contributed by atoms with E-state index in [1.54, 1.807) is 19.2 Å². The Balaban J connectivity index is 1.54. The van der Waals surface area contributed by atoms with Crippen molar-refractivity contribution >= 4 is 17.7 Å². The van der Waals surface area contributed by atoms with Crippen LogP contribution in [0.5, 0.6) is 0 Å². The number of nitrogens with one attached hydrogen (secondary N) is 2. The minimum Gasteiger partial charge on any atom is -0.379 e. The Labute approximate surface area is 153 Å². The zero-order valence-corrected chi connectivity index (χ0v) is 15.6. The second kappa shape index (κ2) is 8.87. The van der Waals surface area contributed by atoms with Gasteiger partial charge in [-0.3, -0.25) is 9.89 Å². The Hall–Kier alpha value is -1.31. The fourth-order valence-electron chi connectivity index (χ4n) is 3.39. The van der Waals surface area contributed by atoms with E-state index in [0.717, 1.165) is 50.1 Å². The molecule has 3 rings (SSSR count). The lowest BCUT2D eigenvalue weighted by atomic mass is 9.95. The molecular weight excluding hydrogens is 339 g/mol. The van der Waals surface area contributed by atoms with Crippen LogP contribution < -0.4 is 10.6 Å². The molecule has 2 heterocycles. The quantitative estimate of drug-likeness (QED) is 0.614. The van der Waals surface area contributed by atoms with Crippen LogP contribution in [-0.2, 0) is 11.3 Å². The highest BCUT2D eigenvalue weighted by atomic mass is 32.2. The van der Waals surface area contributed by atoms with E-state index in [1.807, 2.05) is 11.8 Å². The third kappa shape index (κ3) is 4.86. The molecule has 0 aromatic heterocycles. The summed E-state index contributed by atoms with van der Waals surface area (Å²) < 4.78 is 18.5. The number of ether oxygens (including phenoxy) is 1. The summed E-state index contributed by atoms with van der Waals surface area (Å²) in [5.74, 6) is 2.93. The first-order chi connectivity index (χ1) is 12.2. The monoisotopic (exact) mass is 366 g/mol. The van der Waals surface area contributed by atoms with E-state index >= 15 is 0 Å².